The predicted molar refractivity (Wildman–Crippen MR) is 123 cm³/mol. The summed E-state index contributed by atoms with van der Waals surface area (Å²) in [5.74, 6) is 0. The van der Waals surface area contributed by atoms with Gasteiger partial charge in [-0.2, -0.15) is 4.57 Å². The number of halogens is 1. The number of nitrogens with zero attached hydrogens (tertiary/aromatic N) is 2. The first-order valence-corrected chi connectivity index (χ1v) is 12.7. The molecule has 0 spiro atoms. The zero-order valence-corrected chi connectivity index (χ0v) is 22.1. The van der Waals surface area contributed by atoms with Gasteiger partial charge < -0.3 is 28.9 Å². The van der Waals surface area contributed by atoms with Crippen molar-refractivity contribution >= 4 is 29.2 Å². The van der Waals surface area contributed by atoms with Gasteiger partial charge in [0.15, 0.2) is 5.69 Å². The molecule has 2 rings (SSSR count). The standard InChI is InChI=1S/C23H39N2S2.HI/c1-5-7-9-11-13-15-24-20(3)18-26-22(24)17-23-25(21(4)19-27-23)16-14-12-10-8-6-2;/h17-19H,5-16H2,1-4H3;1H/q+1;/p-1. The van der Waals surface area contributed by atoms with Crippen LogP contribution in [0.4, 0.5) is 0 Å². The van der Waals surface area contributed by atoms with Crippen LogP contribution in [0.25, 0.3) is 6.08 Å². The second kappa shape index (κ2) is 14.9. The van der Waals surface area contributed by atoms with Crippen molar-refractivity contribution in [2.75, 3.05) is 6.54 Å². The molecule has 1 aromatic rings. The van der Waals surface area contributed by atoms with Gasteiger partial charge in [0.1, 0.15) is 6.54 Å². The van der Waals surface area contributed by atoms with Gasteiger partial charge in [-0.1, -0.05) is 81.9 Å². The maximum absolute atomic E-state index is 2.53. The Balaban J connectivity index is 0.00000392. The van der Waals surface area contributed by atoms with Gasteiger partial charge in [-0.25, -0.2) is 0 Å². The molecule has 2 nitrogen and oxygen atoms in total. The third-order valence-corrected chi connectivity index (χ3v) is 7.38. The molecule has 1 aromatic heterocycles. The Morgan fingerprint density at radius 2 is 1.57 bits per heavy atom. The highest BCUT2D eigenvalue weighted by atomic mass is 127. The number of hydrogen-bond acceptors (Lipinski definition) is 3. The topological polar surface area (TPSA) is 7.12 Å². The zero-order chi connectivity index (χ0) is 19.5. The van der Waals surface area contributed by atoms with E-state index in [4.69, 9.17) is 0 Å². The maximum atomic E-state index is 2.53. The number of allylic oxidation sites excluding steroid dienone is 1. The lowest BCUT2D eigenvalue weighted by Crippen LogP contribution is -3.00. The Kier molecular flexibility index (Phi) is 13.8. The second-order valence-corrected chi connectivity index (χ2v) is 9.49. The molecule has 2 heterocycles. The van der Waals surface area contributed by atoms with E-state index in [1.165, 1.54) is 85.6 Å². The van der Waals surface area contributed by atoms with Crippen molar-refractivity contribution in [2.45, 2.75) is 98.4 Å². The summed E-state index contributed by atoms with van der Waals surface area (Å²) in [6.45, 7) is 11.4. The summed E-state index contributed by atoms with van der Waals surface area (Å²) in [7, 11) is 0. The average Bonchev–Trinajstić information content (AvgIpc) is 3.18. The lowest BCUT2D eigenvalue weighted by atomic mass is 10.1. The van der Waals surface area contributed by atoms with Crippen LogP contribution in [0.15, 0.2) is 21.5 Å². The Morgan fingerprint density at radius 3 is 2.25 bits per heavy atom. The highest BCUT2D eigenvalue weighted by molar-refractivity contribution is 8.06. The fourth-order valence-electron chi connectivity index (χ4n) is 3.54. The molecule has 0 atom stereocenters. The first-order valence-electron chi connectivity index (χ1n) is 11.0. The molecular formula is C23H39IN2S2. The van der Waals surface area contributed by atoms with Crippen LogP contribution in [-0.4, -0.2) is 11.4 Å². The molecule has 1 aliphatic rings. The van der Waals surface area contributed by atoms with Crippen molar-refractivity contribution < 1.29 is 28.5 Å². The molecule has 1 aliphatic heterocycles. The van der Waals surface area contributed by atoms with E-state index in [1.54, 1.807) is 0 Å². The molecule has 0 fully saturated rings. The van der Waals surface area contributed by atoms with E-state index in [0.29, 0.717) is 0 Å². The minimum atomic E-state index is 0. The van der Waals surface area contributed by atoms with Gasteiger partial charge in [-0.3, -0.25) is 0 Å². The summed E-state index contributed by atoms with van der Waals surface area (Å²) in [5, 5.41) is 7.44. The molecule has 160 valence electrons. The SMILES string of the molecule is CCCCCCCN1C(C)=CS/C1=C\c1scc(C)[n+]1CCCCCCC.[I-]. The molecular weight excluding hydrogens is 495 g/mol. The number of aromatic nitrogens is 1. The predicted octanol–water partition coefficient (Wildman–Crippen LogP) is 4.50. The van der Waals surface area contributed by atoms with Crippen LogP contribution in [0, 0.1) is 6.92 Å². The molecule has 5 heteroatoms. The molecule has 0 N–H and O–H groups in total. The normalized spacial score (nSPS) is 15.2. The number of thiazole rings is 1. The van der Waals surface area contributed by atoms with Crippen molar-refractivity contribution in [3.8, 4) is 0 Å². The van der Waals surface area contributed by atoms with Gasteiger partial charge in [-0.05, 0) is 25.2 Å². The van der Waals surface area contributed by atoms with Crippen molar-refractivity contribution in [3.63, 3.8) is 0 Å². The fourth-order valence-corrected chi connectivity index (χ4v) is 5.54. The molecule has 0 radical (unpaired) electrons. The third-order valence-electron chi connectivity index (χ3n) is 5.30. The van der Waals surface area contributed by atoms with Crippen LogP contribution in [-0.2, 0) is 6.54 Å². The Hall–Kier alpha value is -0.0100. The number of thioether (sulfide) groups is 1. The minimum Gasteiger partial charge on any atom is -1.00 e. The van der Waals surface area contributed by atoms with E-state index in [-0.39, 0.29) is 24.0 Å². The first kappa shape index (κ1) is 26.0. The van der Waals surface area contributed by atoms with Crippen LogP contribution in [0.5, 0.6) is 0 Å². The van der Waals surface area contributed by atoms with E-state index in [9.17, 15) is 0 Å². The van der Waals surface area contributed by atoms with Crippen molar-refractivity contribution in [3.05, 3.63) is 32.2 Å². The van der Waals surface area contributed by atoms with Gasteiger partial charge in [-0.15, -0.1) is 0 Å². The van der Waals surface area contributed by atoms with E-state index < -0.39 is 0 Å². The Morgan fingerprint density at radius 1 is 0.929 bits per heavy atom. The number of rotatable bonds is 13. The van der Waals surface area contributed by atoms with Crippen molar-refractivity contribution in [2.24, 2.45) is 0 Å². The molecule has 0 unspecified atom stereocenters. The summed E-state index contributed by atoms with van der Waals surface area (Å²) >= 11 is 3.79. The summed E-state index contributed by atoms with van der Waals surface area (Å²) in [5.41, 5.74) is 2.81. The van der Waals surface area contributed by atoms with Gasteiger partial charge in [0, 0.05) is 25.6 Å². The number of aryl methyl sites for hydroxylation is 1. The van der Waals surface area contributed by atoms with Gasteiger partial charge in [0.25, 0.3) is 5.01 Å². The van der Waals surface area contributed by atoms with Crippen LogP contribution in [0.2, 0.25) is 0 Å². The van der Waals surface area contributed by atoms with Crippen LogP contribution in [0.1, 0.15) is 95.7 Å². The van der Waals surface area contributed by atoms with Crippen molar-refractivity contribution in [1.29, 1.82) is 0 Å². The lowest BCUT2D eigenvalue weighted by Gasteiger charge is -2.21. The summed E-state index contributed by atoms with van der Waals surface area (Å²) in [6.07, 6.45) is 15.9. The smallest absolute Gasteiger partial charge is 0.264 e. The van der Waals surface area contributed by atoms with Crippen LogP contribution < -0.4 is 28.5 Å². The van der Waals surface area contributed by atoms with Crippen LogP contribution >= 0.6 is 23.1 Å². The summed E-state index contributed by atoms with van der Waals surface area (Å²) < 4.78 is 2.53. The molecule has 0 saturated heterocycles. The highest BCUT2D eigenvalue weighted by Gasteiger charge is 2.22. The quantitative estimate of drug-likeness (QED) is 0.209. The van der Waals surface area contributed by atoms with E-state index >= 15 is 0 Å². The van der Waals surface area contributed by atoms with E-state index in [1.807, 2.05) is 23.1 Å². The molecule has 0 aromatic carbocycles. The highest BCUT2D eigenvalue weighted by Crippen LogP contribution is 2.36. The largest absolute Gasteiger partial charge is 1.00 e. The second-order valence-electron chi connectivity index (χ2n) is 7.71. The first-order chi connectivity index (χ1) is 13.2. The van der Waals surface area contributed by atoms with E-state index in [0.717, 1.165) is 13.1 Å². The summed E-state index contributed by atoms with van der Waals surface area (Å²) in [4.78, 5) is 2.53. The van der Waals surface area contributed by atoms with Gasteiger partial charge in [0.05, 0.1) is 16.5 Å². The molecule has 0 saturated carbocycles. The van der Waals surface area contributed by atoms with Crippen LogP contribution in [0.3, 0.4) is 0 Å². The minimum absolute atomic E-state index is 0. The fraction of sp³-hybridized carbons (Fsp3) is 0.696. The number of unbranched alkanes of at least 4 members (excludes halogenated alkanes) is 8. The zero-order valence-electron chi connectivity index (χ0n) is 18.3. The third kappa shape index (κ3) is 8.39. The van der Waals surface area contributed by atoms with Crippen molar-refractivity contribution in [1.82, 2.24) is 4.90 Å². The average molecular weight is 535 g/mol. The molecule has 0 aliphatic carbocycles. The van der Waals surface area contributed by atoms with E-state index in [2.05, 4.69) is 54.0 Å². The Bertz CT molecular complexity index is 622. The summed E-state index contributed by atoms with van der Waals surface area (Å²) in [6, 6.07) is 0. The van der Waals surface area contributed by atoms with Gasteiger partial charge in [0.2, 0.25) is 0 Å². The molecule has 0 amide bonds. The van der Waals surface area contributed by atoms with Gasteiger partial charge >= 0.3 is 0 Å². The lowest BCUT2D eigenvalue weighted by molar-refractivity contribution is -0.700. The maximum Gasteiger partial charge on any atom is 0.264 e. The monoisotopic (exact) mass is 534 g/mol. The molecule has 28 heavy (non-hydrogen) atoms. The Labute approximate surface area is 198 Å². The number of hydrogen-bond donors (Lipinski definition) is 0. The molecule has 0 bridgehead atoms.